The highest BCUT2D eigenvalue weighted by molar-refractivity contribution is 5.75. The molecule has 0 aliphatic rings. The molecule has 0 saturated carbocycles. The molecule has 0 rings (SSSR count). The Kier molecular flexibility index (Phi) is 11.9. The molecule has 21 heavy (non-hydrogen) atoms. The molecule has 0 bridgehead atoms. The van der Waals surface area contributed by atoms with E-state index in [4.69, 9.17) is 0 Å². The van der Waals surface area contributed by atoms with Crippen LogP contribution in [0.5, 0.6) is 0 Å². The Hall–Kier alpha value is -1.15. The molecule has 0 spiro atoms. The van der Waals surface area contributed by atoms with E-state index < -0.39 is 0 Å². The zero-order chi connectivity index (χ0) is 16.1. The fourth-order valence-corrected chi connectivity index (χ4v) is 1.95. The number of carbonyl (C=O) groups is 1. The number of hydrogen-bond donors (Lipinski definition) is 1. The minimum Gasteiger partial charge on any atom is -0.313 e. The fraction of sp³-hybridized carbons (Fsp3) is 0.632. The third-order valence-electron chi connectivity index (χ3n) is 3.37. The highest BCUT2D eigenvalue weighted by Gasteiger charge is 1.93. The summed E-state index contributed by atoms with van der Waals surface area (Å²) in [6, 6.07) is 0. The number of hydrogen-bond acceptors (Lipinski definition) is 2. The highest BCUT2D eigenvalue weighted by atomic mass is 16.1. The summed E-state index contributed by atoms with van der Waals surface area (Å²) in [6.07, 6.45) is 12.1. The van der Waals surface area contributed by atoms with Crippen LogP contribution < -0.4 is 5.32 Å². The Balaban J connectivity index is 3.78. The van der Waals surface area contributed by atoms with Crippen molar-refractivity contribution >= 4 is 5.78 Å². The maximum Gasteiger partial charge on any atom is 0.131 e. The van der Waals surface area contributed by atoms with E-state index in [1.807, 2.05) is 0 Å². The Bertz CT molecular complexity index is 384. The smallest absolute Gasteiger partial charge is 0.131 e. The van der Waals surface area contributed by atoms with Gasteiger partial charge >= 0.3 is 0 Å². The van der Waals surface area contributed by atoms with E-state index >= 15 is 0 Å². The van der Waals surface area contributed by atoms with Gasteiger partial charge in [-0.3, -0.25) is 4.79 Å². The molecule has 0 aliphatic heterocycles. The maximum atomic E-state index is 10.8. The van der Waals surface area contributed by atoms with Crippen LogP contribution in [0.2, 0.25) is 0 Å². The van der Waals surface area contributed by atoms with Crippen LogP contribution in [0, 0.1) is 0 Å². The predicted molar refractivity (Wildman–Crippen MR) is 93.6 cm³/mol. The van der Waals surface area contributed by atoms with Gasteiger partial charge in [-0.05, 0) is 60.3 Å². The van der Waals surface area contributed by atoms with Crippen LogP contribution in [0.15, 0.2) is 34.9 Å². The van der Waals surface area contributed by atoms with Crippen LogP contribution in [0.25, 0.3) is 0 Å². The number of rotatable bonds is 11. The first-order valence-corrected chi connectivity index (χ1v) is 8.06. The summed E-state index contributed by atoms with van der Waals surface area (Å²) in [5.41, 5.74) is 4.30. The Morgan fingerprint density at radius 1 is 0.810 bits per heavy atom. The summed E-state index contributed by atoms with van der Waals surface area (Å²) in [7, 11) is 0. The third-order valence-corrected chi connectivity index (χ3v) is 3.37. The van der Waals surface area contributed by atoms with E-state index in [2.05, 4.69) is 51.2 Å². The fourth-order valence-electron chi connectivity index (χ4n) is 1.95. The van der Waals surface area contributed by atoms with Crippen molar-refractivity contribution in [2.24, 2.45) is 0 Å². The molecule has 0 amide bonds. The quantitative estimate of drug-likeness (QED) is 0.430. The first kappa shape index (κ1) is 19.9. The third kappa shape index (κ3) is 15.1. The van der Waals surface area contributed by atoms with E-state index in [-0.39, 0.29) is 5.78 Å². The summed E-state index contributed by atoms with van der Waals surface area (Å²) in [5.74, 6) is 0.247. The van der Waals surface area contributed by atoms with E-state index in [0.29, 0.717) is 6.42 Å². The van der Waals surface area contributed by atoms with Gasteiger partial charge in [-0.15, -0.1) is 0 Å². The molecule has 0 aromatic carbocycles. The summed E-state index contributed by atoms with van der Waals surface area (Å²) < 4.78 is 0. The van der Waals surface area contributed by atoms with Gasteiger partial charge in [0.15, 0.2) is 0 Å². The lowest BCUT2D eigenvalue weighted by molar-refractivity contribution is -0.116. The topological polar surface area (TPSA) is 29.1 Å². The van der Waals surface area contributed by atoms with Crippen LogP contribution in [0.4, 0.5) is 0 Å². The molecule has 0 saturated heterocycles. The zero-order valence-electron chi connectivity index (χ0n) is 14.6. The van der Waals surface area contributed by atoms with Gasteiger partial charge in [0.25, 0.3) is 0 Å². The molecule has 0 atom stereocenters. The largest absolute Gasteiger partial charge is 0.313 e. The van der Waals surface area contributed by atoms with Gasteiger partial charge < -0.3 is 5.32 Å². The first-order valence-electron chi connectivity index (χ1n) is 8.06. The standard InChI is InChI=1S/C19H33NO/c1-16(2)8-6-9-17(3)10-7-11-18(4)12-14-20-15-13-19(5)21/h8,10,12,20H,6-7,9,11,13-15H2,1-5H3/b17-10+,18-12+. The van der Waals surface area contributed by atoms with Gasteiger partial charge in [0.05, 0.1) is 0 Å². The van der Waals surface area contributed by atoms with Crippen molar-refractivity contribution in [3.05, 3.63) is 34.9 Å². The molecule has 0 unspecified atom stereocenters. The van der Waals surface area contributed by atoms with E-state index in [0.717, 1.165) is 32.4 Å². The minimum absolute atomic E-state index is 0.247. The van der Waals surface area contributed by atoms with Gasteiger partial charge in [0.2, 0.25) is 0 Å². The van der Waals surface area contributed by atoms with Crippen molar-refractivity contribution in [2.75, 3.05) is 13.1 Å². The van der Waals surface area contributed by atoms with Crippen molar-refractivity contribution in [1.82, 2.24) is 5.32 Å². The molecule has 2 nitrogen and oxygen atoms in total. The van der Waals surface area contributed by atoms with Crippen LogP contribution in [0.1, 0.15) is 66.7 Å². The van der Waals surface area contributed by atoms with Crippen molar-refractivity contribution in [2.45, 2.75) is 66.7 Å². The zero-order valence-corrected chi connectivity index (χ0v) is 14.6. The predicted octanol–water partition coefficient (Wildman–Crippen LogP) is 4.97. The van der Waals surface area contributed by atoms with Crippen LogP contribution in [-0.4, -0.2) is 18.9 Å². The van der Waals surface area contributed by atoms with E-state index in [1.165, 1.54) is 23.1 Å². The second kappa shape index (κ2) is 12.6. The van der Waals surface area contributed by atoms with Crippen LogP contribution >= 0.6 is 0 Å². The van der Waals surface area contributed by atoms with Crippen molar-refractivity contribution < 1.29 is 4.79 Å². The maximum absolute atomic E-state index is 10.8. The average molecular weight is 291 g/mol. The van der Waals surface area contributed by atoms with Crippen molar-refractivity contribution in [3.8, 4) is 0 Å². The van der Waals surface area contributed by atoms with Gasteiger partial charge in [-0.2, -0.15) is 0 Å². The van der Waals surface area contributed by atoms with E-state index in [1.54, 1.807) is 6.92 Å². The monoisotopic (exact) mass is 291 g/mol. The molecule has 1 N–H and O–H groups in total. The molecular formula is C19H33NO. The number of ketones is 1. The van der Waals surface area contributed by atoms with E-state index in [9.17, 15) is 4.79 Å². The molecule has 120 valence electrons. The summed E-state index contributed by atoms with van der Waals surface area (Å²) in [4.78, 5) is 10.8. The number of carbonyl (C=O) groups excluding carboxylic acids is 1. The highest BCUT2D eigenvalue weighted by Crippen LogP contribution is 2.11. The van der Waals surface area contributed by atoms with Gasteiger partial charge in [0.1, 0.15) is 5.78 Å². The lowest BCUT2D eigenvalue weighted by Crippen LogP contribution is -2.17. The molecule has 2 heteroatoms. The minimum atomic E-state index is 0.247. The lowest BCUT2D eigenvalue weighted by Gasteiger charge is -2.03. The lowest BCUT2D eigenvalue weighted by atomic mass is 10.1. The number of nitrogens with one attached hydrogen (secondary N) is 1. The molecular weight excluding hydrogens is 258 g/mol. The number of Topliss-reactive ketones (excluding diaryl/α,β-unsaturated/α-hetero) is 1. The summed E-state index contributed by atoms with van der Waals surface area (Å²) in [5, 5.41) is 3.27. The molecule has 0 heterocycles. The Morgan fingerprint density at radius 3 is 1.95 bits per heavy atom. The summed E-state index contributed by atoms with van der Waals surface area (Å²) in [6.45, 7) is 12.0. The van der Waals surface area contributed by atoms with Crippen LogP contribution in [0.3, 0.4) is 0 Å². The molecule has 0 fully saturated rings. The normalized spacial score (nSPS) is 12.4. The summed E-state index contributed by atoms with van der Waals surface area (Å²) >= 11 is 0. The van der Waals surface area contributed by atoms with Crippen LogP contribution in [-0.2, 0) is 4.79 Å². The molecule has 0 radical (unpaired) electrons. The first-order chi connectivity index (χ1) is 9.91. The number of allylic oxidation sites excluding steroid dienone is 5. The van der Waals surface area contributed by atoms with Crippen molar-refractivity contribution in [3.63, 3.8) is 0 Å². The van der Waals surface area contributed by atoms with Gasteiger partial charge in [-0.25, -0.2) is 0 Å². The molecule has 0 aromatic heterocycles. The SMILES string of the molecule is CC(=O)CCNC/C=C(\C)CC/C=C(\C)CCC=C(C)C. The van der Waals surface area contributed by atoms with Crippen molar-refractivity contribution in [1.29, 1.82) is 0 Å². The Labute approximate surface area is 131 Å². The average Bonchev–Trinajstić information content (AvgIpc) is 2.37. The Morgan fingerprint density at radius 2 is 1.38 bits per heavy atom. The second-order valence-electron chi connectivity index (χ2n) is 6.12. The van der Waals surface area contributed by atoms with Gasteiger partial charge in [-0.1, -0.05) is 34.9 Å². The van der Waals surface area contributed by atoms with Gasteiger partial charge in [0, 0.05) is 19.5 Å². The molecule has 0 aromatic rings. The second-order valence-corrected chi connectivity index (χ2v) is 6.12. The molecule has 0 aliphatic carbocycles.